The van der Waals surface area contributed by atoms with Crippen molar-refractivity contribution in [2.45, 2.75) is 199 Å². The minimum Gasteiger partial charge on any atom is -0.488 e. The molecule has 0 aliphatic carbocycles. The van der Waals surface area contributed by atoms with Gasteiger partial charge in [0.15, 0.2) is 5.75 Å². The van der Waals surface area contributed by atoms with Gasteiger partial charge in [-0.1, -0.05) is 67.7 Å². The number of nitrogens with zero attached hydrogens (tertiary/aromatic N) is 9. The van der Waals surface area contributed by atoms with Crippen molar-refractivity contribution in [3.05, 3.63) is 136 Å². The first-order chi connectivity index (χ1) is 39.1. The number of aromatic nitrogens is 7. The molecule has 3 aromatic heterocycles. The molecule has 24 heteroatoms. The summed E-state index contributed by atoms with van der Waals surface area (Å²) in [7, 11) is 0. The molecule has 0 radical (unpaired) electrons. The Morgan fingerprint density at radius 1 is 0.453 bits per heavy atom. The summed E-state index contributed by atoms with van der Waals surface area (Å²) in [6.07, 6.45) is 2.23. The fraction of sp³-hybridized carbons (Fsp3) is 0.500. The number of imide groups is 1. The summed E-state index contributed by atoms with van der Waals surface area (Å²) in [5.74, 6) is -10.3. The number of hydrogen-bond acceptors (Lipinski definition) is 15. The van der Waals surface area contributed by atoms with E-state index in [1.807, 2.05) is 150 Å². The molecule has 1 aliphatic rings. The Morgan fingerprint density at radius 3 is 1.28 bits per heavy atom. The van der Waals surface area contributed by atoms with E-state index in [9.17, 15) is 41.7 Å². The number of rotatable bonds is 7. The van der Waals surface area contributed by atoms with Gasteiger partial charge in [-0.3, -0.25) is 24.5 Å². The van der Waals surface area contributed by atoms with Gasteiger partial charge in [0, 0.05) is 31.2 Å². The molecule has 86 heavy (non-hydrogen) atoms. The largest absolute Gasteiger partial charge is 0.488 e. The van der Waals surface area contributed by atoms with Gasteiger partial charge in [0.05, 0.1) is 10.5 Å². The van der Waals surface area contributed by atoms with Crippen molar-refractivity contribution in [3.63, 3.8) is 0 Å². The van der Waals surface area contributed by atoms with Crippen molar-refractivity contribution in [2.75, 3.05) is 0 Å². The molecule has 7 aromatic rings. The highest BCUT2D eigenvalue weighted by Gasteiger charge is 2.34. The Hall–Kier alpha value is -8.02. The quantitative estimate of drug-likeness (QED) is 0.0363. The van der Waals surface area contributed by atoms with Gasteiger partial charge in [-0.2, -0.15) is 13.8 Å². The van der Waals surface area contributed by atoms with Crippen molar-refractivity contribution in [1.29, 1.82) is 0 Å². The highest BCUT2D eigenvalue weighted by atomic mass is 19.2. The van der Waals surface area contributed by atoms with E-state index >= 15 is 0 Å². The maximum Gasteiger partial charge on any atom is 0.269 e. The number of para-hydroxylation sites is 2. The standard InChI is InChI=1S/C10H9F5O.C10H13N3O.C10H13NO3.C10H14O.C9H12N4O.C8H13NO3.C5H12/c1-10(2,3)16-9-7(14)5(12)4(11)6(13)8(9)15;1-10(2,3)14-13-9-7-5-4-6-8(9)11-12-13;1-10(2,3)14-9-6-4-8(5-7-9)11(12)13;1-10(2,3)11-9-7-5-4-6-8-9;1-9(2,3)14-13-8-7(11-12-13)5-4-6-10-8;1-8(2,3)12-9-6(10)4-5-7(9)11;1-5(2,3)4/h1-3H3;2*4-7H,1-3H3;4-8H,1-3H3;4-6H,1-3H3;4-5H2,1-3H3;1-4H3. The second-order valence-electron chi connectivity index (χ2n) is 26.6. The van der Waals surface area contributed by atoms with Crippen molar-refractivity contribution in [3.8, 4) is 17.2 Å². The van der Waals surface area contributed by atoms with Gasteiger partial charge in [0.25, 0.3) is 17.5 Å². The van der Waals surface area contributed by atoms with Crippen molar-refractivity contribution >= 4 is 39.7 Å². The lowest BCUT2D eigenvalue weighted by atomic mass is 10.0. The number of hydrogen-bond donors (Lipinski definition) is 0. The SMILES string of the molecule is CC(C)(C)C.CC(C)(C)ON1C(=O)CCC1=O.CC(C)(C)Oc1c(F)c(F)c(F)c(F)c1F.CC(C)(C)Oc1ccc([N+](=O)[O-])cc1.CC(C)(C)Oc1ccccc1.CC(C)(C)On1nnc2ccccc21.CC(C)(C)On1nnc2cccnc21. The van der Waals surface area contributed by atoms with E-state index < -0.39 is 51.0 Å². The summed E-state index contributed by atoms with van der Waals surface area (Å²) < 4.78 is 80.1. The Bertz CT molecular complexity index is 3120. The van der Waals surface area contributed by atoms with Gasteiger partial charge in [0.1, 0.15) is 56.1 Å². The molecule has 0 spiro atoms. The van der Waals surface area contributed by atoms with E-state index in [2.05, 4.69) is 58.0 Å². The first kappa shape index (κ1) is 74.1. The molecule has 0 N–H and O–H groups in total. The Kier molecular flexibility index (Phi) is 26.6. The predicted octanol–water partition coefficient (Wildman–Crippen LogP) is 14.8. The summed E-state index contributed by atoms with van der Waals surface area (Å²) in [6.45, 7) is 42.1. The minimum absolute atomic E-state index is 0.0752. The highest BCUT2D eigenvalue weighted by molar-refractivity contribution is 6.00. The third kappa shape index (κ3) is 29.2. The van der Waals surface area contributed by atoms with Crippen LogP contribution in [0.2, 0.25) is 0 Å². The van der Waals surface area contributed by atoms with Crippen molar-refractivity contribution < 1.29 is 65.2 Å². The van der Waals surface area contributed by atoms with Crippen LogP contribution >= 0.6 is 0 Å². The fourth-order valence-electron chi connectivity index (χ4n) is 5.98. The zero-order chi connectivity index (χ0) is 66.0. The number of ether oxygens (including phenoxy) is 3. The summed E-state index contributed by atoms with van der Waals surface area (Å²) in [4.78, 5) is 55.3. The fourth-order valence-corrected chi connectivity index (χ4v) is 5.98. The van der Waals surface area contributed by atoms with E-state index in [4.69, 9.17) is 24.0 Å². The van der Waals surface area contributed by atoms with Crippen LogP contribution in [0.15, 0.2) is 97.2 Å². The third-order valence-corrected chi connectivity index (χ3v) is 8.81. The first-order valence-corrected chi connectivity index (χ1v) is 27.4. The number of non-ortho nitro benzene ring substituents is 1. The van der Waals surface area contributed by atoms with Crippen LogP contribution in [-0.2, 0) is 14.4 Å². The Balaban J connectivity index is 0.000000347. The van der Waals surface area contributed by atoms with Crippen molar-refractivity contribution in [1.82, 2.24) is 40.4 Å². The predicted molar refractivity (Wildman–Crippen MR) is 319 cm³/mol. The zero-order valence-electron chi connectivity index (χ0n) is 53.6. The van der Waals surface area contributed by atoms with E-state index in [-0.39, 0.29) is 52.7 Å². The number of hydroxylamine groups is 2. The van der Waals surface area contributed by atoms with Crippen molar-refractivity contribution in [2.24, 2.45) is 5.41 Å². The van der Waals surface area contributed by atoms with E-state index in [1.165, 1.54) is 42.6 Å². The van der Waals surface area contributed by atoms with Crippen LogP contribution < -0.4 is 23.9 Å². The van der Waals surface area contributed by atoms with E-state index in [0.717, 1.165) is 27.4 Å². The number of nitro benzene ring substituents is 1. The van der Waals surface area contributed by atoms with Crippen LogP contribution in [0.25, 0.3) is 22.2 Å². The summed E-state index contributed by atoms with van der Waals surface area (Å²) in [5, 5.41) is 26.9. The molecule has 0 atom stereocenters. The lowest BCUT2D eigenvalue weighted by Gasteiger charge is -2.24. The average Bonchev–Trinajstić information content (AvgIpc) is 1.59. The number of carbonyl (C=O) groups excluding carboxylic acids is 2. The monoisotopic (exact) mass is 1210 g/mol. The molecule has 4 heterocycles. The molecule has 0 saturated carbocycles. The number of pyridine rings is 1. The number of nitro groups is 1. The van der Waals surface area contributed by atoms with Gasteiger partial charge in [-0.25, -0.2) is 18.2 Å². The number of amides is 2. The van der Waals surface area contributed by atoms with Gasteiger partial charge in [0.2, 0.25) is 34.7 Å². The molecule has 1 saturated heterocycles. The number of carbonyl (C=O) groups is 2. The maximum absolute atomic E-state index is 13.1. The number of fused-ring (bicyclic) bond motifs is 2. The molecule has 1 fully saturated rings. The lowest BCUT2D eigenvalue weighted by molar-refractivity contribution is -0.384. The topological polar surface area (TPSA) is 210 Å². The lowest BCUT2D eigenvalue weighted by Crippen LogP contribution is -2.37. The van der Waals surface area contributed by atoms with Gasteiger partial charge >= 0.3 is 0 Å². The van der Waals surface area contributed by atoms with Crippen LogP contribution in [0.5, 0.6) is 17.2 Å². The van der Waals surface area contributed by atoms with Crippen LogP contribution in [0.1, 0.15) is 165 Å². The first-order valence-electron chi connectivity index (χ1n) is 27.4. The molecule has 1 aliphatic heterocycles. The molecule has 19 nitrogen and oxygen atoms in total. The number of benzene rings is 4. The Labute approximate surface area is 501 Å². The van der Waals surface area contributed by atoms with Gasteiger partial charge < -0.3 is 23.9 Å². The molecule has 2 amide bonds. The number of halogens is 5. The van der Waals surface area contributed by atoms with Crippen LogP contribution in [0, 0.1) is 44.6 Å². The summed E-state index contributed by atoms with van der Waals surface area (Å²) in [5.41, 5.74) is 1.17. The molecule has 474 valence electrons. The average molecular weight is 1210 g/mol. The van der Waals surface area contributed by atoms with Crippen LogP contribution in [0.3, 0.4) is 0 Å². The van der Waals surface area contributed by atoms with E-state index in [1.54, 1.807) is 39.1 Å². The molecule has 4 aromatic carbocycles. The summed E-state index contributed by atoms with van der Waals surface area (Å²) >= 11 is 0. The third-order valence-electron chi connectivity index (χ3n) is 8.81. The smallest absolute Gasteiger partial charge is 0.269 e. The van der Waals surface area contributed by atoms with Gasteiger partial charge in [-0.15, -0.1) is 10.2 Å². The van der Waals surface area contributed by atoms with Crippen LogP contribution in [-0.4, -0.2) is 90.7 Å². The van der Waals surface area contributed by atoms with E-state index in [0.29, 0.717) is 16.8 Å². The molecular weight excluding hydrogens is 1130 g/mol. The molecule has 0 unspecified atom stereocenters. The summed E-state index contributed by atoms with van der Waals surface area (Å²) in [6, 6.07) is 27.3. The zero-order valence-corrected chi connectivity index (χ0v) is 53.6. The Morgan fingerprint density at radius 2 is 0.837 bits per heavy atom. The second kappa shape index (κ2) is 30.9. The molecular formula is C62H86F5N9O10. The maximum atomic E-state index is 13.1. The normalized spacial score (nSPS) is 12.7. The molecule has 8 rings (SSSR count). The highest BCUT2D eigenvalue weighted by Crippen LogP contribution is 2.32. The molecule has 0 bridgehead atoms. The van der Waals surface area contributed by atoms with Gasteiger partial charge in [-0.05, 0) is 189 Å². The second-order valence-corrected chi connectivity index (χ2v) is 26.6. The minimum atomic E-state index is -2.20. The van der Waals surface area contributed by atoms with Crippen LogP contribution in [0.4, 0.5) is 27.6 Å².